The van der Waals surface area contributed by atoms with E-state index in [1.165, 1.54) is 0 Å². The van der Waals surface area contributed by atoms with Gasteiger partial charge in [0.25, 0.3) is 0 Å². The molecule has 0 amide bonds. The lowest BCUT2D eigenvalue weighted by Crippen LogP contribution is -2.65. The lowest BCUT2D eigenvalue weighted by molar-refractivity contribution is -0.177. The first kappa shape index (κ1) is 34.2. The Balaban J connectivity index is 1.61. The van der Waals surface area contributed by atoms with Crippen LogP contribution in [0.25, 0.3) is 0 Å². The summed E-state index contributed by atoms with van der Waals surface area (Å²) in [4.78, 5) is 11.7. The summed E-state index contributed by atoms with van der Waals surface area (Å²) in [5, 5.41) is 20.7. The number of nitriles is 1. The van der Waals surface area contributed by atoms with Gasteiger partial charge in [0.15, 0.2) is 0 Å². The van der Waals surface area contributed by atoms with E-state index in [4.69, 9.17) is 31.1 Å². The maximum absolute atomic E-state index is 11.7. The number of halogens is 1. The Kier molecular flexibility index (Phi) is 11.1. The van der Waals surface area contributed by atoms with Crippen molar-refractivity contribution >= 4 is 17.6 Å². The summed E-state index contributed by atoms with van der Waals surface area (Å²) in [5.41, 5.74) is 2.28. The fourth-order valence-electron chi connectivity index (χ4n) is 6.16. The molecule has 6 nitrogen and oxygen atoms in total. The van der Waals surface area contributed by atoms with Gasteiger partial charge in [0, 0.05) is 28.9 Å². The van der Waals surface area contributed by atoms with Crippen molar-refractivity contribution in [1.29, 1.82) is 5.26 Å². The molecular formula is C36H44ClNO5. The molecule has 2 aromatic rings. The van der Waals surface area contributed by atoms with Crippen LogP contribution in [0, 0.1) is 39.9 Å². The highest BCUT2D eigenvalue weighted by atomic mass is 35.5. The Labute approximate surface area is 262 Å². The molecular weight excluding hydrogens is 562 g/mol. The van der Waals surface area contributed by atoms with E-state index >= 15 is 0 Å². The lowest BCUT2D eigenvalue weighted by atomic mass is 9.45. The molecule has 1 fully saturated rings. The van der Waals surface area contributed by atoms with Crippen LogP contribution in [0.4, 0.5) is 0 Å². The van der Waals surface area contributed by atoms with E-state index in [-0.39, 0.29) is 35.4 Å². The molecule has 1 unspecified atom stereocenters. The first-order valence-electron chi connectivity index (χ1n) is 14.7. The van der Waals surface area contributed by atoms with Crippen molar-refractivity contribution in [3.8, 4) is 23.7 Å². The summed E-state index contributed by atoms with van der Waals surface area (Å²) in [5.74, 6) is 6.66. The van der Waals surface area contributed by atoms with Gasteiger partial charge < -0.3 is 19.3 Å². The summed E-state index contributed by atoms with van der Waals surface area (Å²) in [6.45, 7) is 16.5. The molecule has 0 radical (unpaired) electrons. The molecule has 0 bridgehead atoms. The van der Waals surface area contributed by atoms with E-state index in [9.17, 15) is 9.90 Å². The second-order valence-corrected chi connectivity index (χ2v) is 13.6. The van der Waals surface area contributed by atoms with Gasteiger partial charge >= 0.3 is 5.97 Å². The molecule has 230 valence electrons. The third-order valence-corrected chi connectivity index (χ3v) is 8.15. The number of rotatable bonds is 10. The highest BCUT2D eigenvalue weighted by molar-refractivity contribution is 6.31. The maximum atomic E-state index is 11.7. The highest BCUT2D eigenvalue weighted by Gasteiger charge is 2.62. The van der Waals surface area contributed by atoms with Crippen molar-refractivity contribution in [2.75, 3.05) is 13.2 Å². The number of aryl methyl sites for hydroxylation is 1. The second kappa shape index (κ2) is 14.0. The average Bonchev–Trinajstić information content (AvgIpc) is 2.92. The zero-order valence-corrected chi connectivity index (χ0v) is 27.3. The minimum Gasteiger partial charge on any atom is -0.489 e. The quantitative estimate of drug-likeness (QED) is 0.130. The topological polar surface area (TPSA) is 88.8 Å². The minimum absolute atomic E-state index is 0.0810. The number of esters is 1. The van der Waals surface area contributed by atoms with Crippen LogP contribution in [-0.2, 0) is 20.7 Å². The zero-order chi connectivity index (χ0) is 32.0. The molecule has 2 aromatic carbocycles. The van der Waals surface area contributed by atoms with Gasteiger partial charge in [-0.1, -0.05) is 76.3 Å². The molecule has 7 heteroatoms. The number of aliphatic hydroxyl groups is 1. The third-order valence-electron chi connectivity index (χ3n) is 7.84. The fraction of sp³-hybridized carbons (Fsp3) is 0.500. The fourth-order valence-corrected chi connectivity index (χ4v) is 6.37. The number of nitrogens with zero attached hydrogens (tertiary/aromatic N) is 1. The Morgan fingerprint density at radius 3 is 2.44 bits per heavy atom. The van der Waals surface area contributed by atoms with E-state index in [2.05, 4.69) is 58.6 Å². The van der Waals surface area contributed by atoms with E-state index in [1.54, 1.807) is 18.2 Å². The van der Waals surface area contributed by atoms with Gasteiger partial charge in [-0.15, -0.1) is 0 Å². The Bertz CT molecular complexity index is 1420. The first-order chi connectivity index (χ1) is 20.1. The van der Waals surface area contributed by atoms with Crippen LogP contribution in [0.15, 0.2) is 48.6 Å². The molecule has 0 saturated heterocycles. The predicted octanol–water partition coefficient (Wildman–Crippen LogP) is 7.59. The summed E-state index contributed by atoms with van der Waals surface area (Å²) in [6, 6.07) is 13.1. The summed E-state index contributed by atoms with van der Waals surface area (Å²) in [7, 11) is 0. The highest BCUT2D eigenvalue weighted by Crippen LogP contribution is 2.61. The van der Waals surface area contributed by atoms with Gasteiger partial charge in [-0.2, -0.15) is 5.26 Å². The lowest BCUT2D eigenvalue weighted by Gasteiger charge is -2.62. The van der Waals surface area contributed by atoms with Crippen LogP contribution in [0.1, 0.15) is 90.2 Å². The number of carbonyl (C=O) groups is 1. The number of benzene rings is 2. The monoisotopic (exact) mass is 605 g/mol. The maximum Gasteiger partial charge on any atom is 0.332 e. The summed E-state index contributed by atoms with van der Waals surface area (Å²) >= 11 is 6.22. The molecule has 0 aliphatic heterocycles. The van der Waals surface area contributed by atoms with Gasteiger partial charge in [0.05, 0.1) is 23.3 Å². The summed E-state index contributed by atoms with van der Waals surface area (Å²) < 4.78 is 17.0. The van der Waals surface area contributed by atoms with Gasteiger partial charge in [-0.05, 0) is 68.5 Å². The van der Waals surface area contributed by atoms with E-state index < -0.39 is 11.7 Å². The standard InChI is InChI=1S/C36H44ClNO5/c1-9-25-20-24(12-10-11-19-41-23-32(40)43-34(2,3)4)13-16-28(25)30(39)17-18-31-35(5,6)33(36(31,7)8)42-27-15-14-26(22-38)29(37)21-27/h13-18,20-21,30-31,33,39H,9,11,19,23H2,1-8H3/b18-17+. The van der Waals surface area contributed by atoms with E-state index in [0.29, 0.717) is 29.4 Å². The van der Waals surface area contributed by atoms with Crippen LogP contribution in [0.3, 0.4) is 0 Å². The zero-order valence-electron chi connectivity index (χ0n) is 26.6. The molecule has 3 rings (SSSR count). The molecule has 1 atom stereocenters. The van der Waals surface area contributed by atoms with Crippen LogP contribution >= 0.6 is 11.6 Å². The van der Waals surface area contributed by atoms with Crippen LogP contribution < -0.4 is 4.74 Å². The predicted molar refractivity (Wildman–Crippen MR) is 170 cm³/mol. The Morgan fingerprint density at radius 1 is 1.14 bits per heavy atom. The van der Waals surface area contributed by atoms with Gasteiger partial charge in [-0.3, -0.25) is 0 Å². The normalized spacial score (nSPS) is 19.5. The van der Waals surface area contributed by atoms with Gasteiger partial charge in [-0.25, -0.2) is 4.79 Å². The molecule has 0 heterocycles. The third kappa shape index (κ3) is 8.64. The number of allylic oxidation sites excluding steroid dienone is 1. The molecule has 1 N–H and O–H groups in total. The van der Waals surface area contributed by atoms with Crippen LogP contribution in [0.2, 0.25) is 5.02 Å². The second-order valence-electron chi connectivity index (χ2n) is 13.2. The largest absolute Gasteiger partial charge is 0.489 e. The van der Waals surface area contributed by atoms with Crippen molar-refractivity contribution in [2.45, 2.75) is 86.0 Å². The molecule has 0 aromatic heterocycles. The number of ether oxygens (including phenoxy) is 3. The van der Waals surface area contributed by atoms with Crippen LogP contribution in [-0.4, -0.2) is 36.0 Å². The molecule has 43 heavy (non-hydrogen) atoms. The van der Waals surface area contributed by atoms with Gasteiger partial charge in [0.2, 0.25) is 0 Å². The van der Waals surface area contributed by atoms with Crippen molar-refractivity contribution < 1.29 is 24.1 Å². The first-order valence-corrected chi connectivity index (χ1v) is 15.1. The number of hydrogen-bond acceptors (Lipinski definition) is 6. The number of carbonyl (C=O) groups excluding carboxylic acids is 1. The van der Waals surface area contributed by atoms with E-state index in [1.807, 2.05) is 45.0 Å². The Hall–Kier alpha value is -3.29. The van der Waals surface area contributed by atoms with E-state index in [0.717, 1.165) is 23.1 Å². The van der Waals surface area contributed by atoms with Crippen molar-refractivity contribution in [1.82, 2.24) is 0 Å². The number of hydrogen-bond donors (Lipinski definition) is 1. The van der Waals surface area contributed by atoms with Crippen molar-refractivity contribution in [3.05, 3.63) is 75.8 Å². The smallest absolute Gasteiger partial charge is 0.332 e. The molecule has 1 aliphatic rings. The van der Waals surface area contributed by atoms with Gasteiger partial charge in [0.1, 0.15) is 30.1 Å². The molecule has 1 saturated carbocycles. The molecule has 0 spiro atoms. The SMILES string of the molecule is CCc1cc(C#CCCOCC(=O)OC(C)(C)C)ccc1C(O)/C=C/C1C(C)(C)C(Oc2ccc(C#N)c(Cl)c2)C1(C)C. The van der Waals surface area contributed by atoms with Crippen molar-refractivity contribution in [2.24, 2.45) is 16.7 Å². The average molecular weight is 606 g/mol. The van der Waals surface area contributed by atoms with Crippen LogP contribution in [0.5, 0.6) is 5.75 Å². The molecule has 1 aliphatic carbocycles. The summed E-state index contributed by atoms with van der Waals surface area (Å²) in [6.07, 6.45) is 4.42. The number of aliphatic hydroxyl groups excluding tert-OH is 1. The Morgan fingerprint density at radius 2 is 1.84 bits per heavy atom. The minimum atomic E-state index is -0.748. The van der Waals surface area contributed by atoms with Crippen molar-refractivity contribution in [3.63, 3.8) is 0 Å².